The molecule has 6 nitrogen and oxygen atoms in total. The minimum absolute atomic E-state index is 0.112. The number of nitrogen functional groups attached to an aromatic ring is 1. The lowest BCUT2D eigenvalue weighted by Gasteiger charge is -2.18. The lowest BCUT2D eigenvalue weighted by Crippen LogP contribution is -2.31. The zero-order valence-corrected chi connectivity index (χ0v) is 15.7. The van der Waals surface area contributed by atoms with Crippen molar-refractivity contribution in [3.05, 3.63) is 58.1 Å². The van der Waals surface area contributed by atoms with Gasteiger partial charge in [-0.05, 0) is 24.1 Å². The van der Waals surface area contributed by atoms with Crippen molar-refractivity contribution in [1.82, 2.24) is 4.90 Å². The van der Waals surface area contributed by atoms with E-state index in [4.69, 9.17) is 26.8 Å². The molecule has 0 atom stereocenters. The summed E-state index contributed by atoms with van der Waals surface area (Å²) < 4.78 is 10.2. The number of carbonyl (C=O) groups excluding carboxylic acids is 2. The van der Waals surface area contributed by atoms with Gasteiger partial charge in [-0.2, -0.15) is 0 Å². The standard InChI is InChI=1S/C19H21ClN2O4/c1-12-6-4-5-7-13(12)10-22(2)18(23)11-26-19(24)14-8-15(20)16(21)9-17(14)25-3/h4-9H,10-11,21H2,1-3H3. The molecule has 0 saturated carbocycles. The summed E-state index contributed by atoms with van der Waals surface area (Å²) in [4.78, 5) is 26.0. The van der Waals surface area contributed by atoms with Gasteiger partial charge >= 0.3 is 5.97 Å². The third-order valence-corrected chi connectivity index (χ3v) is 4.29. The van der Waals surface area contributed by atoms with Gasteiger partial charge in [0.2, 0.25) is 0 Å². The first-order chi connectivity index (χ1) is 12.3. The quantitative estimate of drug-likeness (QED) is 0.619. The van der Waals surface area contributed by atoms with Crippen LogP contribution >= 0.6 is 11.6 Å². The Kier molecular flexibility index (Phi) is 6.46. The van der Waals surface area contributed by atoms with E-state index in [2.05, 4.69) is 0 Å². The van der Waals surface area contributed by atoms with Crippen LogP contribution in [0, 0.1) is 6.92 Å². The zero-order valence-electron chi connectivity index (χ0n) is 14.9. The molecule has 0 radical (unpaired) electrons. The highest BCUT2D eigenvalue weighted by molar-refractivity contribution is 6.33. The highest BCUT2D eigenvalue weighted by Crippen LogP contribution is 2.29. The second kappa shape index (κ2) is 8.58. The number of nitrogens with two attached hydrogens (primary N) is 1. The summed E-state index contributed by atoms with van der Waals surface area (Å²) in [5.74, 6) is -0.791. The highest BCUT2D eigenvalue weighted by Gasteiger charge is 2.19. The summed E-state index contributed by atoms with van der Waals surface area (Å²) in [6.45, 7) is 2.03. The van der Waals surface area contributed by atoms with Crippen LogP contribution in [-0.4, -0.2) is 37.5 Å². The van der Waals surface area contributed by atoms with Gasteiger partial charge in [-0.25, -0.2) is 4.79 Å². The van der Waals surface area contributed by atoms with Gasteiger partial charge in [-0.15, -0.1) is 0 Å². The number of nitrogens with zero attached hydrogens (tertiary/aromatic N) is 1. The Labute approximate surface area is 157 Å². The third kappa shape index (κ3) is 4.67. The highest BCUT2D eigenvalue weighted by atomic mass is 35.5. The van der Waals surface area contributed by atoms with E-state index in [9.17, 15) is 9.59 Å². The van der Waals surface area contributed by atoms with Crippen LogP contribution in [-0.2, 0) is 16.1 Å². The molecule has 0 spiro atoms. The number of esters is 1. The Morgan fingerprint density at radius 1 is 1.23 bits per heavy atom. The van der Waals surface area contributed by atoms with Crippen LogP contribution in [0.4, 0.5) is 5.69 Å². The van der Waals surface area contributed by atoms with E-state index in [1.54, 1.807) is 7.05 Å². The average Bonchev–Trinajstić information content (AvgIpc) is 2.63. The smallest absolute Gasteiger partial charge is 0.342 e. The van der Waals surface area contributed by atoms with Crippen molar-refractivity contribution >= 4 is 29.2 Å². The van der Waals surface area contributed by atoms with Gasteiger partial charge in [-0.1, -0.05) is 35.9 Å². The van der Waals surface area contributed by atoms with E-state index in [1.165, 1.54) is 24.1 Å². The van der Waals surface area contributed by atoms with Crippen molar-refractivity contribution in [2.75, 3.05) is 26.5 Å². The molecular weight excluding hydrogens is 356 g/mol. The number of halogens is 1. The van der Waals surface area contributed by atoms with Crippen LogP contribution in [0.2, 0.25) is 5.02 Å². The van der Waals surface area contributed by atoms with Crippen LogP contribution < -0.4 is 10.5 Å². The van der Waals surface area contributed by atoms with Crippen LogP contribution in [0.1, 0.15) is 21.5 Å². The maximum atomic E-state index is 12.3. The van der Waals surface area contributed by atoms with Crippen molar-refractivity contribution in [3.8, 4) is 5.75 Å². The number of methoxy groups -OCH3 is 1. The number of ether oxygens (including phenoxy) is 2. The fourth-order valence-electron chi connectivity index (χ4n) is 2.34. The number of likely N-dealkylation sites (N-methyl/N-ethyl adjacent to an activating group) is 1. The van der Waals surface area contributed by atoms with E-state index in [0.29, 0.717) is 6.54 Å². The molecule has 2 rings (SSSR count). The van der Waals surface area contributed by atoms with Gasteiger partial charge in [0.05, 0.1) is 17.8 Å². The fraction of sp³-hybridized carbons (Fsp3) is 0.263. The van der Waals surface area contributed by atoms with Crippen LogP contribution in [0.15, 0.2) is 36.4 Å². The Hall–Kier alpha value is -2.73. The number of aryl methyl sites for hydroxylation is 1. The Morgan fingerprint density at radius 3 is 2.58 bits per heavy atom. The predicted molar refractivity (Wildman–Crippen MR) is 100 cm³/mol. The molecule has 0 aliphatic heterocycles. The monoisotopic (exact) mass is 376 g/mol. The maximum absolute atomic E-state index is 12.3. The summed E-state index contributed by atoms with van der Waals surface area (Å²) in [6.07, 6.45) is 0. The number of hydrogen-bond acceptors (Lipinski definition) is 5. The van der Waals surface area contributed by atoms with Crippen LogP contribution in [0.5, 0.6) is 5.75 Å². The van der Waals surface area contributed by atoms with Gasteiger partial charge in [0.15, 0.2) is 6.61 Å². The number of benzene rings is 2. The van der Waals surface area contributed by atoms with Crippen molar-refractivity contribution < 1.29 is 19.1 Å². The SMILES string of the molecule is COc1cc(N)c(Cl)cc1C(=O)OCC(=O)N(C)Cc1ccccc1C. The number of amides is 1. The lowest BCUT2D eigenvalue weighted by molar-refractivity contribution is -0.133. The topological polar surface area (TPSA) is 81.9 Å². The first-order valence-corrected chi connectivity index (χ1v) is 8.30. The molecule has 0 fully saturated rings. The molecule has 2 N–H and O–H groups in total. The predicted octanol–water partition coefficient (Wildman–Crippen LogP) is 3.05. The van der Waals surface area contributed by atoms with E-state index in [1.807, 2.05) is 31.2 Å². The van der Waals surface area contributed by atoms with Gasteiger partial charge in [-0.3, -0.25) is 4.79 Å². The largest absolute Gasteiger partial charge is 0.496 e. The molecule has 0 aliphatic carbocycles. The summed E-state index contributed by atoms with van der Waals surface area (Å²) in [5, 5.41) is 0.209. The molecule has 7 heteroatoms. The van der Waals surface area contributed by atoms with Crippen LogP contribution in [0.25, 0.3) is 0 Å². The van der Waals surface area contributed by atoms with E-state index in [-0.39, 0.29) is 34.5 Å². The van der Waals surface area contributed by atoms with Crippen LogP contribution in [0.3, 0.4) is 0 Å². The number of anilines is 1. The maximum Gasteiger partial charge on any atom is 0.342 e. The van der Waals surface area contributed by atoms with E-state index in [0.717, 1.165) is 11.1 Å². The molecule has 2 aromatic carbocycles. The summed E-state index contributed by atoms with van der Waals surface area (Å²) in [6, 6.07) is 10.6. The molecule has 138 valence electrons. The molecular formula is C19H21ClN2O4. The van der Waals surface area contributed by atoms with Crippen molar-refractivity contribution in [2.45, 2.75) is 13.5 Å². The van der Waals surface area contributed by atoms with E-state index >= 15 is 0 Å². The minimum atomic E-state index is -0.707. The summed E-state index contributed by atoms with van der Waals surface area (Å²) in [5.41, 5.74) is 8.20. The van der Waals surface area contributed by atoms with Crippen molar-refractivity contribution in [1.29, 1.82) is 0 Å². The number of rotatable bonds is 6. The molecule has 0 unspecified atom stereocenters. The molecule has 0 aromatic heterocycles. The Morgan fingerprint density at radius 2 is 1.92 bits per heavy atom. The lowest BCUT2D eigenvalue weighted by atomic mass is 10.1. The summed E-state index contributed by atoms with van der Waals surface area (Å²) >= 11 is 5.94. The van der Waals surface area contributed by atoms with Gasteiger partial charge in [0.1, 0.15) is 11.3 Å². The summed E-state index contributed by atoms with van der Waals surface area (Å²) in [7, 11) is 3.06. The molecule has 0 aliphatic rings. The second-order valence-corrected chi connectivity index (χ2v) is 6.23. The minimum Gasteiger partial charge on any atom is -0.496 e. The van der Waals surface area contributed by atoms with Gasteiger partial charge in [0.25, 0.3) is 5.91 Å². The van der Waals surface area contributed by atoms with Crippen molar-refractivity contribution in [2.24, 2.45) is 0 Å². The number of hydrogen-bond donors (Lipinski definition) is 1. The fourth-order valence-corrected chi connectivity index (χ4v) is 2.51. The molecule has 0 bridgehead atoms. The zero-order chi connectivity index (χ0) is 19.3. The Balaban J connectivity index is 1.99. The first kappa shape index (κ1) is 19.6. The molecule has 0 heterocycles. The number of carbonyl (C=O) groups is 2. The average molecular weight is 377 g/mol. The normalized spacial score (nSPS) is 10.3. The van der Waals surface area contributed by atoms with Gasteiger partial charge < -0.3 is 20.1 Å². The Bertz CT molecular complexity index is 823. The second-order valence-electron chi connectivity index (χ2n) is 5.83. The molecule has 2 aromatic rings. The van der Waals surface area contributed by atoms with Crippen molar-refractivity contribution in [3.63, 3.8) is 0 Å². The molecule has 1 amide bonds. The first-order valence-electron chi connectivity index (χ1n) is 7.92. The van der Waals surface area contributed by atoms with Gasteiger partial charge in [0, 0.05) is 19.7 Å². The molecule has 26 heavy (non-hydrogen) atoms. The molecule has 0 saturated heterocycles. The third-order valence-electron chi connectivity index (χ3n) is 3.96. The van der Waals surface area contributed by atoms with E-state index < -0.39 is 5.97 Å².